The van der Waals surface area contributed by atoms with Gasteiger partial charge in [0.25, 0.3) is 0 Å². The average molecular weight is 619 g/mol. The third-order valence-electron chi connectivity index (χ3n) is 8.79. The number of rotatable bonds is 11. The van der Waals surface area contributed by atoms with Crippen LogP contribution in [0.15, 0.2) is 89.8 Å². The lowest BCUT2D eigenvalue weighted by Crippen LogP contribution is -2.40. The van der Waals surface area contributed by atoms with Crippen molar-refractivity contribution in [3.05, 3.63) is 90.5 Å². The smallest absolute Gasteiger partial charge is 0.326 e. The Labute approximate surface area is 260 Å². The summed E-state index contributed by atoms with van der Waals surface area (Å²) in [7, 11) is -3.62. The van der Waals surface area contributed by atoms with E-state index in [-0.39, 0.29) is 24.0 Å². The Bertz CT molecular complexity index is 1470. The summed E-state index contributed by atoms with van der Waals surface area (Å²) >= 11 is 0. The molecule has 44 heavy (non-hydrogen) atoms. The molecule has 0 saturated carbocycles. The molecule has 10 heteroatoms. The first-order chi connectivity index (χ1) is 21.3. The second kappa shape index (κ2) is 14.8. The van der Waals surface area contributed by atoms with E-state index < -0.39 is 21.9 Å². The average Bonchev–Trinajstić information content (AvgIpc) is 3.05. The molecular formula is C34H42N4O5S. The summed E-state index contributed by atoms with van der Waals surface area (Å²) in [6, 6.07) is 26.4. The summed E-state index contributed by atoms with van der Waals surface area (Å²) in [6.07, 6.45) is 4.64. The molecule has 9 nitrogen and oxygen atoms in total. The van der Waals surface area contributed by atoms with Crippen molar-refractivity contribution in [1.82, 2.24) is 9.21 Å². The van der Waals surface area contributed by atoms with E-state index in [1.807, 2.05) is 77.7 Å². The van der Waals surface area contributed by atoms with Gasteiger partial charge in [-0.3, -0.25) is 9.69 Å². The molecule has 2 amide bonds. The maximum atomic E-state index is 13.1. The van der Waals surface area contributed by atoms with Gasteiger partial charge in [-0.1, -0.05) is 48.5 Å². The van der Waals surface area contributed by atoms with Crippen LogP contribution in [0.25, 0.3) is 0 Å². The third-order valence-corrected chi connectivity index (χ3v) is 10.7. The van der Waals surface area contributed by atoms with Gasteiger partial charge in [-0.2, -0.15) is 4.31 Å². The standard InChI is InChI=1S/C34H42N4O5S/c39-33(40)29-18-24-37(25-19-29)44(42,43)32-14-12-27(13-15-32)26-28-16-22-36(23-17-28)20-7-21-38(31-10-5-2-6-11-31)34(41)35-30-8-3-1-4-9-30/h1-6,8-15,28-29H,7,16-26H2,(H,35,41)(H,39,40). The van der Waals surface area contributed by atoms with E-state index >= 15 is 0 Å². The van der Waals surface area contributed by atoms with Gasteiger partial charge in [0.2, 0.25) is 10.0 Å². The Kier molecular flexibility index (Phi) is 10.7. The number of sulfonamides is 1. The molecule has 5 rings (SSSR count). The van der Waals surface area contributed by atoms with Gasteiger partial charge in [0.05, 0.1) is 10.8 Å². The second-order valence-corrected chi connectivity index (χ2v) is 13.7. The van der Waals surface area contributed by atoms with Gasteiger partial charge in [0.15, 0.2) is 0 Å². The Morgan fingerprint density at radius 2 is 1.43 bits per heavy atom. The summed E-state index contributed by atoms with van der Waals surface area (Å²) < 4.78 is 27.6. The quantitative estimate of drug-likeness (QED) is 0.291. The maximum Gasteiger partial charge on any atom is 0.326 e. The van der Waals surface area contributed by atoms with E-state index in [4.69, 9.17) is 0 Å². The monoisotopic (exact) mass is 618 g/mol. The Morgan fingerprint density at radius 1 is 0.818 bits per heavy atom. The molecule has 0 aromatic heterocycles. The van der Waals surface area contributed by atoms with Gasteiger partial charge in [0, 0.05) is 31.0 Å². The molecule has 2 aliphatic rings. The largest absolute Gasteiger partial charge is 0.481 e. The number of nitrogens with zero attached hydrogens (tertiary/aromatic N) is 3. The number of carbonyl (C=O) groups excluding carboxylic acids is 1. The van der Waals surface area contributed by atoms with Gasteiger partial charge >= 0.3 is 12.0 Å². The molecule has 2 fully saturated rings. The highest BCUT2D eigenvalue weighted by atomic mass is 32.2. The minimum atomic E-state index is -3.62. The molecule has 2 saturated heterocycles. The highest BCUT2D eigenvalue weighted by molar-refractivity contribution is 7.89. The number of hydrogen-bond acceptors (Lipinski definition) is 5. The fourth-order valence-corrected chi connectivity index (χ4v) is 7.63. The number of nitrogens with one attached hydrogen (secondary N) is 1. The number of amides is 2. The van der Waals surface area contributed by atoms with E-state index in [0.717, 1.165) is 62.3 Å². The molecule has 0 aliphatic carbocycles. The first kappa shape index (κ1) is 31.7. The zero-order valence-corrected chi connectivity index (χ0v) is 25.9. The molecule has 0 unspecified atom stereocenters. The molecule has 0 bridgehead atoms. The molecule has 3 aromatic carbocycles. The molecule has 2 N–H and O–H groups in total. The molecule has 2 aliphatic heterocycles. The van der Waals surface area contributed by atoms with Crippen LogP contribution in [0.1, 0.15) is 37.7 Å². The van der Waals surface area contributed by atoms with Gasteiger partial charge < -0.3 is 15.3 Å². The zero-order chi connectivity index (χ0) is 30.9. The third kappa shape index (κ3) is 8.25. The number of aliphatic carboxylic acids is 1. The van der Waals surface area contributed by atoms with Gasteiger partial charge in [-0.25, -0.2) is 13.2 Å². The summed E-state index contributed by atoms with van der Waals surface area (Å²) in [6.45, 7) is 4.03. The number of para-hydroxylation sites is 2. The predicted molar refractivity (Wildman–Crippen MR) is 172 cm³/mol. The van der Waals surface area contributed by atoms with Crippen LogP contribution in [0.4, 0.5) is 16.2 Å². The summed E-state index contributed by atoms with van der Waals surface area (Å²) in [5.41, 5.74) is 2.78. The van der Waals surface area contributed by atoms with Gasteiger partial charge in [-0.05, 0) is 106 Å². The van der Waals surface area contributed by atoms with E-state index in [0.29, 0.717) is 25.3 Å². The molecule has 0 atom stereocenters. The first-order valence-corrected chi connectivity index (χ1v) is 17.0. The van der Waals surface area contributed by atoms with Crippen LogP contribution in [0.3, 0.4) is 0 Å². The summed E-state index contributed by atoms with van der Waals surface area (Å²) in [5, 5.41) is 12.2. The van der Waals surface area contributed by atoms with Crippen LogP contribution < -0.4 is 10.2 Å². The minimum absolute atomic E-state index is 0.136. The Balaban J connectivity index is 1.07. The van der Waals surface area contributed by atoms with Crippen LogP contribution in [0.5, 0.6) is 0 Å². The normalized spacial score (nSPS) is 17.3. The first-order valence-electron chi connectivity index (χ1n) is 15.5. The predicted octanol–water partition coefficient (Wildman–Crippen LogP) is 5.56. The highest BCUT2D eigenvalue weighted by Gasteiger charge is 2.32. The van der Waals surface area contributed by atoms with Crippen molar-refractivity contribution in [2.24, 2.45) is 11.8 Å². The van der Waals surface area contributed by atoms with Crippen molar-refractivity contribution >= 4 is 33.4 Å². The lowest BCUT2D eigenvalue weighted by atomic mass is 9.90. The zero-order valence-electron chi connectivity index (χ0n) is 25.1. The van der Waals surface area contributed by atoms with Crippen molar-refractivity contribution in [1.29, 1.82) is 0 Å². The number of anilines is 2. The fourth-order valence-electron chi connectivity index (χ4n) is 6.16. The van der Waals surface area contributed by atoms with Crippen molar-refractivity contribution < 1.29 is 23.1 Å². The van der Waals surface area contributed by atoms with Gasteiger partial charge in [-0.15, -0.1) is 0 Å². The van der Waals surface area contributed by atoms with E-state index in [1.54, 1.807) is 12.1 Å². The van der Waals surface area contributed by atoms with Crippen molar-refractivity contribution in [2.45, 2.75) is 43.4 Å². The molecule has 2 heterocycles. The van der Waals surface area contributed by atoms with E-state index in [1.165, 1.54) is 4.31 Å². The van der Waals surface area contributed by atoms with Crippen LogP contribution in [-0.4, -0.2) is 74.0 Å². The SMILES string of the molecule is O=C(O)C1CCN(S(=O)(=O)c2ccc(CC3CCN(CCCN(C(=O)Nc4ccccc4)c4ccccc4)CC3)cc2)CC1. The number of carboxylic acids is 1. The number of piperidine rings is 2. The topological polar surface area (TPSA) is 110 Å². The number of carboxylic acid groups (broad SMARTS) is 1. The van der Waals surface area contributed by atoms with Gasteiger partial charge in [0.1, 0.15) is 0 Å². The lowest BCUT2D eigenvalue weighted by Gasteiger charge is -2.33. The van der Waals surface area contributed by atoms with Crippen LogP contribution in [-0.2, 0) is 21.2 Å². The summed E-state index contributed by atoms with van der Waals surface area (Å²) in [4.78, 5) is 28.9. The lowest BCUT2D eigenvalue weighted by molar-refractivity contribution is -0.142. The number of carbonyl (C=O) groups is 2. The number of benzene rings is 3. The Hall–Kier alpha value is -3.73. The molecule has 0 spiro atoms. The van der Waals surface area contributed by atoms with E-state index in [2.05, 4.69) is 10.2 Å². The molecule has 0 radical (unpaired) electrons. The van der Waals surface area contributed by atoms with Crippen LogP contribution in [0.2, 0.25) is 0 Å². The van der Waals surface area contributed by atoms with E-state index in [9.17, 15) is 23.1 Å². The van der Waals surface area contributed by atoms with Crippen LogP contribution >= 0.6 is 0 Å². The van der Waals surface area contributed by atoms with Crippen molar-refractivity contribution in [3.8, 4) is 0 Å². The fraction of sp³-hybridized carbons (Fsp3) is 0.412. The van der Waals surface area contributed by atoms with Crippen LogP contribution in [0, 0.1) is 11.8 Å². The number of likely N-dealkylation sites (tertiary alicyclic amines) is 1. The second-order valence-electron chi connectivity index (χ2n) is 11.8. The van der Waals surface area contributed by atoms with Crippen molar-refractivity contribution in [2.75, 3.05) is 49.5 Å². The Morgan fingerprint density at radius 3 is 2.05 bits per heavy atom. The number of urea groups is 1. The summed E-state index contributed by atoms with van der Waals surface area (Å²) in [5.74, 6) is -0.776. The minimum Gasteiger partial charge on any atom is -0.481 e. The molecule has 3 aromatic rings. The van der Waals surface area contributed by atoms with Crippen molar-refractivity contribution in [3.63, 3.8) is 0 Å². The molecular weight excluding hydrogens is 576 g/mol. The highest BCUT2D eigenvalue weighted by Crippen LogP contribution is 2.26. The number of hydrogen-bond donors (Lipinski definition) is 2. The molecule has 234 valence electrons. The maximum absolute atomic E-state index is 13.1.